The molecular formula is C5H12FNO. The molecule has 0 aliphatic carbocycles. The number of nitrogens with zero attached hydrogens (tertiary/aromatic N) is 1. The van der Waals surface area contributed by atoms with E-state index in [9.17, 15) is 4.48 Å². The van der Waals surface area contributed by atoms with E-state index in [1.54, 1.807) is 7.11 Å². The van der Waals surface area contributed by atoms with Crippen molar-refractivity contribution in [2.24, 2.45) is 0 Å². The van der Waals surface area contributed by atoms with Crippen molar-refractivity contribution in [3.63, 3.8) is 0 Å². The van der Waals surface area contributed by atoms with Crippen molar-refractivity contribution in [2.75, 3.05) is 20.7 Å². The Balaban J connectivity index is 3.10. The zero-order valence-electron chi connectivity index (χ0n) is 5.52. The van der Waals surface area contributed by atoms with Gasteiger partial charge in [0.05, 0.1) is 12.6 Å². The fraction of sp³-hybridized carbons (Fsp3) is 1.00. The third-order valence-corrected chi connectivity index (χ3v) is 0.911. The topological polar surface area (TPSA) is 12.5 Å². The van der Waals surface area contributed by atoms with Crippen LogP contribution in [0.5, 0.6) is 0 Å². The molecule has 0 spiro atoms. The van der Waals surface area contributed by atoms with E-state index < -0.39 is 0 Å². The first-order valence-electron chi connectivity index (χ1n) is 2.56. The monoisotopic (exact) mass is 121 g/mol. The fourth-order valence-electron chi connectivity index (χ4n) is 0.429. The van der Waals surface area contributed by atoms with Gasteiger partial charge in [0.2, 0.25) is 0 Å². The molecule has 3 heteroatoms. The molecule has 50 valence electrons. The molecule has 0 aromatic carbocycles. The lowest BCUT2D eigenvalue weighted by molar-refractivity contribution is -0.00357. The van der Waals surface area contributed by atoms with Gasteiger partial charge in [0.15, 0.2) is 0 Å². The normalized spacial score (nSPS) is 14.6. The number of rotatable bonds is 3. The summed E-state index contributed by atoms with van der Waals surface area (Å²) in [6.45, 7) is 2.15. The van der Waals surface area contributed by atoms with Crippen molar-refractivity contribution in [2.45, 2.75) is 13.0 Å². The van der Waals surface area contributed by atoms with Crippen LogP contribution < -0.4 is 0 Å². The van der Waals surface area contributed by atoms with Gasteiger partial charge in [-0.25, -0.2) is 0 Å². The maximum atomic E-state index is 11.9. The van der Waals surface area contributed by atoms with Crippen molar-refractivity contribution in [1.82, 2.24) is 5.12 Å². The summed E-state index contributed by atoms with van der Waals surface area (Å²) in [5.41, 5.74) is 0. The quantitative estimate of drug-likeness (QED) is 0.513. The van der Waals surface area contributed by atoms with Gasteiger partial charge in [0.1, 0.15) is 0 Å². The Morgan fingerprint density at radius 1 is 1.75 bits per heavy atom. The highest BCUT2D eigenvalue weighted by molar-refractivity contribution is 4.47. The third-order valence-electron chi connectivity index (χ3n) is 0.911. The van der Waals surface area contributed by atoms with Crippen LogP contribution in [-0.4, -0.2) is 31.9 Å². The Hall–Kier alpha value is -0.150. The predicted molar refractivity (Wildman–Crippen MR) is 30.2 cm³/mol. The van der Waals surface area contributed by atoms with Crippen LogP contribution in [0.15, 0.2) is 0 Å². The molecule has 0 aromatic rings. The highest BCUT2D eigenvalue weighted by atomic mass is 19.2. The largest absolute Gasteiger partial charge is 0.380 e. The lowest BCUT2D eigenvalue weighted by atomic mass is 10.4. The van der Waals surface area contributed by atoms with Crippen LogP contribution in [0.3, 0.4) is 0 Å². The Morgan fingerprint density at radius 3 is 2.38 bits per heavy atom. The smallest absolute Gasteiger partial charge is 0.0696 e. The van der Waals surface area contributed by atoms with Gasteiger partial charge in [-0.15, -0.1) is 9.60 Å². The minimum Gasteiger partial charge on any atom is -0.380 e. The third kappa shape index (κ3) is 4.02. The Labute approximate surface area is 49.2 Å². The van der Waals surface area contributed by atoms with E-state index in [2.05, 4.69) is 0 Å². The molecule has 0 saturated carbocycles. The Bertz CT molecular complexity index is 58.4. The first kappa shape index (κ1) is 7.85. The number of methoxy groups -OCH3 is 1. The van der Waals surface area contributed by atoms with Crippen molar-refractivity contribution in [3.05, 3.63) is 0 Å². The molecule has 0 aliphatic rings. The van der Waals surface area contributed by atoms with Gasteiger partial charge in [-0.05, 0) is 6.92 Å². The summed E-state index contributed by atoms with van der Waals surface area (Å²) in [6, 6.07) is 0. The number of halogens is 1. The summed E-state index contributed by atoms with van der Waals surface area (Å²) in [7, 11) is 2.93. The first-order chi connectivity index (χ1) is 3.66. The zero-order valence-corrected chi connectivity index (χ0v) is 5.52. The lowest BCUT2D eigenvalue weighted by Gasteiger charge is -2.10. The predicted octanol–water partition coefficient (Wildman–Crippen LogP) is 0.838. The molecule has 0 aromatic heterocycles. The van der Waals surface area contributed by atoms with Gasteiger partial charge < -0.3 is 4.74 Å². The molecule has 0 radical (unpaired) electrons. The van der Waals surface area contributed by atoms with Gasteiger partial charge >= 0.3 is 0 Å². The van der Waals surface area contributed by atoms with Crippen LogP contribution in [0.1, 0.15) is 6.92 Å². The molecule has 1 unspecified atom stereocenters. The molecule has 0 N–H and O–H groups in total. The van der Waals surface area contributed by atoms with Gasteiger partial charge in [-0.3, -0.25) is 0 Å². The van der Waals surface area contributed by atoms with Crippen molar-refractivity contribution in [3.8, 4) is 0 Å². The summed E-state index contributed by atoms with van der Waals surface area (Å²) >= 11 is 0. The minimum absolute atomic E-state index is 0.0231. The molecule has 0 rings (SSSR count). The number of hydrogen-bond donors (Lipinski definition) is 0. The highest BCUT2D eigenvalue weighted by Crippen LogP contribution is 1.90. The Kier molecular flexibility index (Phi) is 3.73. The van der Waals surface area contributed by atoms with E-state index in [0.717, 1.165) is 0 Å². The van der Waals surface area contributed by atoms with E-state index in [-0.39, 0.29) is 6.10 Å². The van der Waals surface area contributed by atoms with Crippen LogP contribution in [0, 0.1) is 0 Å². The Morgan fingerprint density at radius 2 is 2.25 bits per heavy atom. The molecule has 0 saturated heterocycles. The first-order valence-corrected chi connectivity index (χ1v) is 2.56. The summed E-state index contributed by atoms with van der Waals surface area (Å²) in [5, 5.41) is 0.605. The van der Waals surface area contributed by atoms with Gasteiger partial charge in [-0.1, -0.05) is 0 Å². The molecule has 8 heavy (non-hydrogen) atoms. The van der Waals surface area contributed by atoms with Crippen molar-refractivity contribution in [1.29, 1.82) is 0 Å². The number of likely N-dealkylation sites (N-methyl/N-ethyl adjacent to an activating group) is 1. The molecule has 0 aliphatic heterocycles. The average Bonchev–Trinajstić information content (AvgIpc) is 1.65. The van der Waals surface area contributed by atoms with Gasteiger partial charge in [0.25, 0.3) is 0 Å². The highest BCUT2D eigenvalue weighted by Gasteiger charge is 2.01. The van der Waals surface area contributed by atoms with E-state index in [1.165, 1.54) is 7.05 Å². The van der Waals surface area contributed by atoms with Crippen LogP contribution in [0.2, 0.25) is 0 Å². The molecule has 0 bridgehead atoms. The SMILES string of the molecule is COC(C)CN(C)F. The maximum absolute atomic E-state index is 11.9. The molecule has 1 atom stereocenters. The second-order valence-corrected chi connectivity index (χ2v) is 1.83. The number of hydrogen-bond acceptors (Lipinski definition) is 2. The van der Waals surface area contributed by atoms with E-state index in [4.69, 9.17) is 4.74 Å². The standard InChI is InChI=1S/C5H12FNO/c1-5(8-3)4-7(2)6/h5H,4H2,1-3H3. The van der Waals surface area contributed by atoms with Crippen molar-refractivity contribution < 1.29 is 9.22 Å². The summed E-state index contributed by atoms with van der Waals surface area (Å²) < 4.78 is 16.7. The molecule has 0 heterocycles. The summed E-state index contributed by atoms with van der Waals surface area (Å²) in [6.07, 6.45) is -0.0231. The fourth-order valence-corrected chi connectivity index (χ4v) is 0.429. The summed E-state index contributed by atoms with van der Waals surface area (Å²) in [4.78, 5) is 0. The van der Waals surface area contributed by atoms with E-state index >= 15 is 0 Å². The molecule has 0 fully saturated rings. The average molecular weight is 121 g/mol. The second kappa shape index (κ2) is 3.80. The van der Waals surface area contributed by atoms with Crippen LogP contribution in [-0.2, 0) is 4.74 Å². The second-order valence-electron chi connectivity index (χ2n) is 1.83. The lowest BCUT2D eigenvalue weighted by Crippen LogP contribution is -2.21. The van der Waals surface area contributed by atoms with Crippen LogP contribution >= 0.6 is 0 Å². The molecule has 0 amide bonds. The molecular weight excluding hydrogens is 109 g/mol. The van der Waals surface area contributed by atoms with Crippen LogP contribution in [0.25, 0.3) is 0 Å². The minimum atomic E-state index is -0.0231. The van der Waals surface area contributed by atoms with Crippen molar-refractivity contribution >= 4 is 0 Å². The summed E-state index contributed by atoms with van der Waals surface area (Å²) in [5.74, 6) is 0. The maximum Gasteiger partial charge on any atom is 0.0696 e. The number of ether oxygens (including phenoxy) is 1. The molecule has 2 nitrogen and oxygen atoms in total. The van der Waals surface area contributed by atoms with E-state index in [0.29, 0.717) is 11.7 Å². The van der Waals surface area contributed by atoms with E-state index in [1.807, 2.05) is 6.92 Å². The van der Waals surface area contributed by atoms with Crippen LogP contribution in [0.4, 0.5) is 4.48 Å². The van der Waals surface area contributed by atoms with Gasteiger partial charge in [-0.2, -0.15) is 0 Å². The zero-order chi connectivity index (χ0) is 6.57. The van der Waals surface area contributed by atoms with Gasteiger partial charge in [0, 0.05) is 14.2 Å².